The van der Waals surface area contributed by atoms with Crippen LogP contribution in [0, 0.1) is 0 Å². The van der Waals surface area contributed by atoms with Gasteiger partial charge in [0.25, 0.3) is 0 Å². The molecule has 1 heterocycles. The van der Waals surface area contributed by atoms with E-state index in [0.29, 0.717) is 0 Å². The van der Waals surface area contributed by atoms with E-state index < -0.39 is 0 Å². The summed E-state index contributed by atoms with van der Waals surface area (Å²) in [5.74, 6) is 0. The van der Waals surface area contributed by atoms with Gasteiger partial charge < -0.3 is 14.9 Å². The highest BCUT2D eigenvalue weighted by atomic mass is 16.5. The lowest BCUT2D eigenvalue weighted by atomic mass is 10.5. The summed E-state index contributed by atoms with van der Waals surface area (Å²) in [5.41, 5.74) is 3.18. The van der Waals surface area contributed by atoms with E-state index in [0.717, 1.165) is 32.8 Å². The molecule has 4 heteroatoms. The van der Waals surface area contributed by atoms with Crippen molar-refractivity contribution in [3.63, 3.8) is 0 Å². The minimum Gasteiger partial charge on any atom is -0.385 e. The molecule has 0 aliphatic carbocycles. The Balaban J connectivity index is 1.85. The highest BCUT2D eigenvalue weighted by Gasteiger charge is 1.89. The first-order chi connectivity index (χ1) is 6.93. The van der Waals surface area contributed by atoms with Crippen molar-refractivity contribution in [3.8, 4) is 0 Å². The fourth-order valence-electron chi connectivity index (χ4n) is 1.09. The Kier molecular flexibility index (Phi) is 5.86. The van der Waals surface area contributed by atoms with Crippen LogP contribution in [0.5, 0.6) is 0 Å². The molecular weight excluding hydrogens is 180 g/mol. The first-order valence-corrected chi connectivity index (χ1v) is 4.87. The van der Waals surface area contributed by atoms with Gasteiger partial charge in [0.15, 0.2) is 0 Å². The highest BCUT2D eigenvalue weighted by molar-refractivity contribution is 4.92. The predicted molar refractivity (Wildman–Crippen MR) is 56.0 cm³/mol. The Morgan fingerprint density at radius 2 is 1.93 bits per heavy atom. The van der Waals surface area contributed by atoms with Crippen molar-refractivity contribution in [3.05, 3.63) is 24.5 Å². The average Bonchev–Trinajstić information content (AvgIpc) is 2.69. The molecule has 0 aromatic carbocycles. The quantitative estimate of drug-likeness (QED) is 0.635. The van der Waals surface area contributed by atoms with Gasteiger partial charge in [-0.3, -0.25) is 4.68 Å². The lowest BCUT2D eigenvalue weighted by molar-refractivity contribution is 0.108. The monoisotopic (exact) mass is 198 g/mol. The molecule has 14 heavy (non-hydrogen) atoms. The van der Waals surface area contributed by atoms with Gasteiger partial charge >= 0.3 is 0 Å². The number of methoxy groups -OCH3 is 1. The zero-order valence-electron chi connectivity index (χ0n) is 8.61. The zero-order valence-corrected chi connectivity index (χ0v) is 8.61. The lowest BCUT2D eigenvalue weighted by Gasteiger charge is -2.07. The molecule has 80 valence electrons. The molecule has 0 aliphatic heterocycles. The van der Waals surface area contributed by atoms with E-state index in [9.17, 15) is 0 Å². The molecule has 0 saturated heterocycles. The summed E-state index contributed by atoms with van der Waals surface area (Å²) in [6, 6.07) is 3.96. The van der Waals surface area contributed by atoms with Gasteiger partial charge in [-0.15, -0.1) is 0 Å². The summed E-state index contributed by atoms with van der Waals surface area (Å²) in [4.78, 5) is 0. The van der Waals surface area contributed by atoms with Crippen molar-refractivity contribution >= 4 is 0 Å². The van der Waals surface area contributed by atoms with Crippen LogP contribution in [-0.2, 0) is 9.47 Å². The van der Waals surface area contributed by atoms with Gasteiger partial charge in [-0.25, -0.2) is 0 Å². The molecule has 1 N–H and O–H groups in total. The molecule has 0 radical (unpaired) electrons. The van der Waals surface area contributed by atoms with Crippen molar-refractivity contribution in [2.24, 2.45) is 0 Å². The van der Waals surface area contributed by atoms with Crippen molar-refractivity contribution in [1.82, 2.24) is 4.68 Å². The molecule has 1 aromatic heterocycles. The highest BCUT2D eigenvalue weighted by Crippen LogP contribution is 1.86. The summed E-state index contributed by atoms with van der Waals surface area (Å²) in [5, 5.41) is 0. The molecule has 0 fully saturated rings. The molecule has 0 unspecified atom stereocenters. The molecule has 1 rings (SSSR count). The Hall–Kier alpha value is -1.00. The number of rotatable bonds is 8. The van der Waals surface area contributed by atoms with E-state index in [1.54, 1.807) is 7.11 Å². The van der Waals surface area contributed by atoms with E-state index in [-0.39, 0.29) is 0 Å². The van der Waals surface area contributed by atoms with E-state index in [2.05, 4.69) is 5.43 Å². The Morgan fingerprint density at radius 1 is 1.14 bits per heavy atom. The normalized spacial score (nSPS) is 10.4. The number of nitrogens with one attached hydrogen (secondary N) is 1. The summed E-state index contributed by atoms with van der Waals surface area (Å²) in [6.07, 6.45) is 4.88. The zero-order chi connectivity index (χ0) is 10.1. The summed E-state index contributed by atoms with van der Waals surface area (Å²) in [6.45, 7) is 3.08. The lowest BCUT2D eigenvalue weighted by Crippen LogP contribution is -2.18. The van der Waals surface area contributed by atoms with Gasteiger partial charge in [-0.2, -0.15) is 0 Å². The van der Waals surface area contributed by atoms with Crippen LogP contribution in [0.15, 0.2) is 24.5 Å². The molecule has 0 bridgehead atoms. The second-order valence-electron chi connectivity index (χ2n) is 2.96. The second-order valence-corrected chi connectivity index (χ2v) is 2.96. The van der Waals surface area contributed by atoms with E-state index >= 15 is 0 Å². The maximum Gasteiger partial charge on any atom is 0.0655 e. The maximum atomic E-state index is 5.38. The van der Waals surface area contributed by atoms with Gasteiger partial charge in [0.05, 0.1) is 13.2 Å². The maximum absolute atomic E-state index is 5.38. The molecule has 1 aromatic rings. The largest absolute Gasteiger partial charge is 0.385 e. The average molecular weight is 198 g/mol. The fourth-order valence-corrected chi connectivity index (χ4v) is 1.09. The number of ether oxygens (including phenoxy) is 2. The van der Waals surface area contributed by atoms with E-state index in [4.69, 9.17) is 9.47 Å². The minimum atomic E-state index is 0.724. The van der Waals surface area contributed by atoms with Crippen molar-refractivity contribution in [2.45, 2.75) is 6.42 Å². The number of nitrogens with zero attached hydrogens (tertiary/aromatic N) is 1. The van der Waals surface area contributed by atoms with Crippen LogP contribution < -0.4 is 5.43 Å². The van der Waals surface area contributed by atoms with Crippen LogP contribution in [0.1, 0.15) is 6.42 Å². The van der Waals surface area contributed by atoms with E-state index in [1.807, 2.05) is 29.2 Å². The van der Waals surface area contributed by atoms with Crippen LogP contribution in [0.4, 0.5) is 0 Å². The SMILES string of the molecule is COCCCOCCNn1cccc1. The molecular formula is C10H18N2O2. The number of hydrogen-bond acceptors (Lipinski definition) is 3. The summed E-state index contributed by atoms with van der Waals surface area (Å²) < 4.78 is 12.2. The van der Waals surface area contributed by atoms with Gasteiger partial charge in [-0.1, -0.05) is 0 Å². The standard InChI is InChI=1S/C10H18N2O2/c1-13-8-4-9-14-10-5-11-12-6-2-3-7-12/h2-3,6-7,11H,4-5,8-10H2,1H3. The topological polar surface area (TPSA) is 35.4 Å². The fraction of sp³-hybridized carbons (Fsp3) is 0.600. The smallest absolute Gasteiger partial charge is 0.0655 e. The Labute approximate surface area is 84.8 Å². The van der Waals surface area contributed by atoms with Crippen LogP contribution in [0.2, 0.25) is 0 Å². The van der Waals surface area contributed by atoms with Gasteiger partial charge in [-0.05, 0) is 18.6 Å². The number of aromatic nitrogens is 1. The molecule has 0 atom stereocenters. The van der Waals surface area contributed by atoms with Crippen LogP contribution in [-0.4, -0.2) is 38.2 Å². The molecule has 0 aliphatic rings. The first kappa shape index (κ1) is 11.1. The second kappa shape index (κ2) is 7.41. The van der Waals surface area contributed by atoms with Crippen LogP contribution in [0.3, 0.4) is 0 Å². The predicted octanol–water partition coefficient (Wildman–Crippen LogP) is 1.08. The molecule has 0 spiro atoms. The summed E-state index contributed by atoms with van der Waals surface area (Å²) >= 11 is 0. The molecule has 0 saturated carbocycles. The van der Waals surface area contributed by atoms with E-state index in [1.165, 1.54) is 0 Å². The Bertz CT molecular complexity index is 212. The van der Waals surface area contributed by atoms with Gasteiger partial charge in [0, 0.05) is 32.7 Å². The molecule has 4 nitrogen and oxygen atoms in total. The third-order valence-corrected chi connectivity index (χ3v) is 1.78. The Morgan fingerprint density at radius 3 is 2.64 bits per heavy atom. The third-order valence-electron chi connectivity index (χ3n) is 1.78. The number of hydrogen-bond donors (Lipinski definition) is 1. The third kappa shape index (κ3) is 4.89. The molecule has 0 amide bonds. The minimum absolute atomic E-state index is 0.724. The van der Waals surface area contributed by atoms with Crippen molar-refractivity contribution in [1.29, 1.82) is 0 Å². The van der Waals surface area contributed by atoms with Crippen molar-refractivity contribution in [2.75, 3.05) is 38.9 Å². The van der Waals surface area contributed by atoms with Crippen LogP contribution in [0.25, 0.3) is 0 Å². The first-order valence-electron chi connectivity index (χ1n) is 4.87. The van der Waals surface area contributed by atoms with Gasteiger partial charge in [0.1, 0.15) is 0 Å². The van der Waals surface area contributed by atoms with Crippen LogP contribution >= 0.6 is 0 Å². The van der Waals surface area contributed by atoms with Gasteiger partial charge in [0.2, 0.25) is 0 Å². The summed E-state index contributed by atoms with van der Waals surface area (Å²) in [7, 11) is 1.70. The van der Waals surface area contributed by atoms with Crippen molar-refractivity contribution < 1.29 is 9.47 Å².